The molecule has 0 unspecified atom stereocenters. The van der Waals surface area contributed by atoms with Crippen molar-refractivity contribution < 1.29 is 6.53 Å². The Morgan fingerprint density at radius 1 is 1.44 bits per heavy atom. The average molecular weight is 371 g/mol. The molecule has 0 aliphatic heterocycles. The van der Waals surface area contributed by atoms with Crippen molar-refractivity contribution in [3.05, 3.63) is 29.7 Å². The molecule has 8 nitrogen and oxygen atoms in total. The predicted molar refractivity (Wildman–Crippen MR) is 105 cm³/mol. The van der Waals surface area contributed by atoms with Gasteiger partial charge in [-0.05, 0) is 37.7 Å². The molecule has 1 saturated carbocycles. The molecule has 0 aromatic carbocycles. The van der Waals surface area contributed by atoms with Crippen LogP contribution in [0, 0.1) is 23.7 Å². The summed E-state index contributed by atoms with van der Waals surface area (Å²) in [5.41, 5.74) is 1.25. The molecule has 27 heavy (non-hydrogen) atoms. The zero-order valence-electron chi connectivity index (χ0n) is 16.1. The lowest BCUT2D eigenvalue weighted by atomic mass is 9.73. The van der Waals surface area contributed by atoms with Crippen molar-refractivity contribution in [1.29, 1.82) is 5.26 Å². The van der Waals surface area contributed by atoms with Crippen LogP contribution in [0.5, 0.6) is 0 Å². The van der Waals surface area contributed by atoms with E-state index in [4.69, 9.17) is 0 Å². The summed E-state index contributed by atoms with van der Waals surface area (Å²) in [5, 5.41) is 30.4. The third-order valence-corrected chi connectivity index (χ3v) is 5.11. The minimum absolute atomic E-state index is 0. The van der Waals surface area contributed by atoms with Gasteiger partial charge in [-0.3, -0.25) is 4.68 Å². The molecule has 0 spiro atoms. The van der Waals surface area contributed by atoms with Gasteiger partial charge in [0.25, 0.3) is 0 Å². The van der Waals surface area contributed by atoms with E-state index in [2.05, 4.69) is 45.6 Å². The Labute approximate surface area is 161 Å². The smallest absolute Gasteiger partial charge is 0.224 e. The van der Waals surface area contributed by atoms with Crippen LogP contribution in [0.25, 0.3) is 0 Å². The molecule has 2 aromatic rings. The molecule has 2 atom stereocenters. The lowest BCUT2D eigenvalue weighted by molar-refractivity contribution is 0.00926. The standard InChI is InChI=1S/C19H27N7O.H2/c1-13-6-8-26(25-13)9-7-21-18-22-12-14(11-20)17(24-18)23-15-4-5-16(27)19(2,3)10-15;/h6,8,12,15-16,27H,4-5,7,9-10H2,1-3H3,(H2,21,22,23,24);1H/t15-,16+;/m1./s1. The van der Waals surface area contributed by atoms with Gasteiger partial charge in [0.15, 0.2) is 0 Å². The number of nitriles is 1. The van der Waals surface area contributed by atoms with Crippen LogP contribution in [-0.2, 0) is 6.54 Å². The number of anilines is 2. The SMILES string of the molecule is Cc1ccn(CCNc2ncc(C#N)c(N[C@@H]3CC[C@H](O)C(C)(C)C3)n2)n1.[HH]. The fourth-order valence-electron chi connectivity index (χ4n) is 3.47. The summed E-state index contributed by atoms with van der Waals surface area (Å²) in [6, 6.07) is 4.28. The van der Waals surface area contributed by atoms with E-state index in [1.807, 2.05) is 23.9 Å². The van der Waals surface area contributed by atoms with Crippen molar-refractivity contribution in [3.8, 4) is 6.07 Å². The fraction of sp³-hybridized carbons (Fsp3) is 0.579. The van der Waals surface area contributed by atoms with E-state index in [0.29, 0.717) is 30.4 Å². The number of aliphatic hydroxyl groups is 1. The summed E-state index contributed by atoms with van der Waals surface area (Å²) in [5.74, 6) is 1.03. The number of hydrogen-bond acceptors (Lipinski definition) is 7. The quantitative estimate of drug-likeness (QED) is 0.715. The van der Waals surface area contributed by atoms with E-state index >= 15 is 0 Å². The number of aromatic nitrogens is 4. The molecule has 0 radical (unpaired) electrons. The monoisotopic (exact) mass is 371 g/mol. The highest BCUT2D eigenvalue weighted by atomic mass is 16.3. The Balaban J connectivity index is 0.00000280. The minimum atomic E-state index is -0.292. The van der Waals surface area contributed by atoms with Gasteiger partial charge in [0, 0.05) is 20.2 Å². The Bertz CT molecular complexity index is 830. The van der Waals surface area contributed by atoms with Gasteiger partial charge in [0.05, 0.1) is 24.5 Å². The molecule has 2 aromatic heterocycles. The molecule has 1 aliphatic carbocycles. The van der Waals surface area contributed by atoms with Crippen molar-refractivity contribution in [2.45, 2.75) is 58.7 Å². The molecule has 0 amide bonds. The van der Waals surface area contributed by atoms with Gasteiger partial charge in [-0.15, -0.1) is 0 Å². The maximum atomic E-state index is 10.1. The number of nitrogens with zero attached hydrogens (tertiary/aromatic N) is 5. The van der Waals surface area contributed by atoms with E-state index in [1.54, 1.807) is 6.20 Å². The van der Waals surface area contributed by atoms with E-state index in [-0.39, 0.29) is 19.0 Å². The predicted octanol–water partition coefficient (Wildman–Crippen LogP) is 2.56. The normalized spacial score (nSPS) is 21.4. The highest BCUT2D eigenvalue weighted by Gasteiger charge is 2.35. The summed E-state index contributed by atoms with van der Waals surface area (Å²) < 4.78 is 1.86. The topological polar surface area (TPSA) is 112 Å². The van der Waals surface area contributed by atoms with Crippen LogP contribution in [0.1, 0.15) is 45.8 Å². The van der Waals surface area contributed by atoms with Gasteiger partial charge >= 0.3 is 0 Å². The highest BCUT2D eigenvalue weighted by molar-refractivity contribution is 5.54. The van der Waals surface area contributed by atoms with Gasteiger partial charge in [-0.1, -0.05) is 13.8 Å². The van der Waals surface area contributed by atoms with Crippen molar-refractivity contribution >= 4 is 11.8 Å². The molecule has 0 saturated heterocycles. The van der Waals surface area contributed by atoms with Crippen LogP contribution in [0.2, 0.25) is 0 Å². The third kappa shape index (κ3) is 4.74. The first-order valence-corrected chi connectivity index (χ1v) is 9.33. The highest BCUT2D eigenvalue weighted by Crippen LogP contribution is 2.36. The lowest BCUT2D eigenvalue weighted by Crippen LogP contribution is -2.41. The van der Waals surface area contributed by atoms with E-state index in [9.17, 15) is 10.4 Å². The number of hydrogen-bond donors (Lipinski definition) is 3. The van der Waals surface area contributed by atoms with E-state index in [1.165, 1.54) is 0 Å². The summed E-state index contributed by atoms with van der Waals surface area (Å²) in [4.78, 5) is 8.72. The Morgan fingerprint density at radius 2 is 2.26 bits per heavy atom. The Hall–Kier alpha value is -2.66. The van der Waals surface area contributed by atoms with Crippen LogP contribution in [-0.4, -0.2) is 43.5 Å². The molecule has 3 rings (SSSR count). The van der Waals surface area contributed by atoms with Crippen LogP contribution >= 0.6 is 0 Å². The first kappa shape index (κ1) is 19.1. The average Bonchev–Trinajstić information content (AvgIpc) is 3.03. The second kappa shape index (κ2) is 7.92. The van der Waals surface area contributed by atoms with E-state index < -0.39 is 0 Å². The number of aliphatic hydroxyl groups excluding tert-OH is 1. The maximum absolute atomic E-state index is 10.1. The lowest BCUT2D eigenvalue weighted by Gasteiger charge is -2.40. The molecule has 2 heterocycles. The molecule has 8 heteroatoms. The molecule has 1 aliphatic rings. The van der Waals surface area contributed by atoms with E-state index in [0.717, 1.165) is 25.0 Å². The number of nitrogens with one attached hydrogen (secondary N) is 2. The summed E-state index contributed by atoms with van der Waals surface area (Å²) in [7, 11) is 0. The largest absolute Gasteiger partial charge is 0.393 e. The Morgan fingerprint density at radius 3 is 2.93 bits per heavy atom. The van der Waals surface area contributed by atoms with Gasteiger partial charge in [0.2, 0.25) is 5.95 Å². The van der Waals surface area contributed by atoms with Crippen LogP contribution in [0.4, 0.5) is 11.8 Å². The molecule has 3 N–H and O–H groups in total. The summed E-state index contributed by atoms with van der Waals surface area (Å²) >= 11 is 0. The van der Waals surface area contributed by atoms with Crippen molar-refractivity contribution in [2.75, 3.05) is 17.2 Å². The van der Waals surface area contributed by atoms with Crippen molar-refractivity contribution in [3.63, 3.8) is 0 Å². The number of aryl methyl sites for hydroxylation is 1. The number of rotatable bonds is 6. The van der Waals surface area contributed by atoms with Gasteiger partial charge < -0.3 is 15.7 Å². The zero-order valence-corrected chi connectivity index (χ0v) is 16.1. The minimum Gasteiger partial charge on any atom is -0.393 e. The maximum Gasteiger partial charge on any atom is 0.224 e. The zero-order chi connectivity index (χ0) is 19.4. The second-order valence-corrected chi connectivity index (χ2v) is 7.84. The molecular weight excluding hydrogens is 342 g/mol. The molecule has 146 valence electrons. The van der Waals surface area contributed by atoms with Crippen molar-refractivity contribution in [2.24, 2.45) is 5.41 Å². The first-order valence-electron chi connectivity index (χ1n) is 9.33. The molecule has 1 fully saturated rings. The van der Waals surface area contributed by atoms with Gasteiger partial charge in [-0.2, -0.15) is 15.3 Å². The Kier molecular flexibility index (Phi) is 5.61. The van der Waals surface area contributed by atoms with Crippen molar-refractivity contribution in [1.82, 2.24) is 19.7 Å². The van der Waals surface area contributed by atoms with Crippen LogP contribution in [0.3, 0.4) is 0 Å². The summed E-state index contributed by atoms with van der Waals surface area (Å²) in [6.07, 6.45) is 5.60. The third-order valence-electron chi connectivity index (χ3n) is 5.11. The fourth-order valence-corrected chi connectivity index (χ4v) is 3.47. The molecular formula is C19H29N7O. The molecule has 0 bridgehead atoms. The van der Waals surface area contributed by atoms with Gasteiger partial charge in [0.1, 0.15) is 17.5 Å². The van der Waals surface area contributed by atoms with Crippen LogP contribution < -0.4 is 10.6 Å². The van der Waals surface area contributed by atoms with Crippen LogP contribution in [0.15, 0.2) is 18.5 Å². The second-order valence-electron chi connectivity index (χ2n) is 7.84. The first-order chi connectivity index (χ1) is 12.9. The summed E-state index contributed by atoms with van der Waals surface area (Å²) in [6.45, 7) is 7.43. The van der Waals surface area contributed by atoms with Gasteiger partial charge in [-0.25, -0.2) is 4.98 Å².